The Hall–Kier alpha value is -2.24. The number of carbonyl (C=O) groups excluding carboxylic acids is 2. The lowest BCUT2D eigenvalue weighted by atomic mass is 9.76. The Morgan fingerprint density at radius 3 is 2.92 bits per heavy atom. The Balaban J connectivity index is 1.60. The Labute approximate surface area is 148 Å². The summed E-state index contributed by atoms with van der Waals surface area (Å²) in [5.41, 5.74) is 1.24. The average molecular weight is 346 g/mol. The summed E-state index contributed by atoms with van der Waals surface area (Å²) in [7, 11) is 1.64. The molecule has 1 N–H and O–H groups in total. The summed E-state index contributed by atoms with van der Waals surface area (Å²) in [6.07, 6.45) is 3.50. The van der Waals surface area contributed by atoms with Gasteiger partial charge in [-0.25, -0.2) is 0 Å². The van der Waals surface area contributed by atoms with Crippen LogP contribution >= 0.6 is 0 Å². The first-order valence-corrected chi connectivity index (χ1v) is 8.86. The first-order valence-electron chi connectivity index (χ1n) is 8.86. The standard InChI is InChI=1S/C19H26N2O4/c1-19(11-14-5-6-15-16(10-14)25-13-24-15)8-7-18(23)21(12-19)9-3-4-17(22)20-2/h5-6,10H,3-4,7-9,11-13H2,1-2H3,(H,20,22)/t19-/m0/s1. The Morgan fingerprint density at radius 2 is 2.12 bits per heavy atom. The molecule has 25 heavy (non-hydrogen) atoms. The van der Waals surface area contributed by atoms with Gasteiger partial charge in [0.2, 0.25) is 18.6 Å². The van der Waals surface area contributed by atoms with E-state index in [0.717, 1.165) is 30.9 Å². The molecule has 0 aromatic heterocycles. The predicted octanol–water partition coefficient (Wildman–Crippen LogP) is 2.11. The van der Waals surface area contributed by atoms with E-state index in [1.165, 1.54) is 5.56 Å². The fourth-order valence-electron chi connectivity index (χ4n) is 3.64. The van der Waals surface area contributed by atoms with E-state index in [9.17, 15) is 9.59 Å². The van der Waals surface area contributed by atoms with Gasteiger partial charge >= 0.3 is 0 Å². The van der Waals surface area contributed by atoms with E-state index >= 15 is 0 Å². The van der Waals surface area contributed by atoms with Crippen molar-refractivity contribution in [1.82, 2.24) is 10.2 Å². The molecule has 1 atom stereocenters. The monoisotopic (exact) mass is 346 g/mol. The molecule has 0 unspecified atom stereocenters. The van der Waals surface area contributed by atoms with Crippen molar-refractivity contribution < 1.29 is 19.1 Å². The number of nitrogens with zero attached hydrogens (tertiary/aromatic N) is 1. The minimum atomic E-state index is 0.0209. The van der Waals surface area contributed by atoms with Gasteiger partial charge in [-0.05, 0) is 42.4 Å². The van der Waals surface area contributed by atoms with Crippen LogP contribution in [0, 0.1) is 5.41 Å². The van der Waals surface area contributed by atoms with Crippen molar-refractivity contribution in [2.24, 2.45) is 5.41 Å². The lowest BCUT2D eigenvalue weighted by Crippen LogP contribution is -2.46. The van der Waals surface area contributed by atoms with Gasteiger partial charge in [0.25, 0.3) is 0 Å². The maximum Gasteiger partial charge on any atom is 0.231 e. The molecule has 3 rings (SSSR count). The SMILES string of the molecule is CNC(=O)CCCN1C[C@](C)(Cc2ccc3c(c2)OCO3)CCC1=O. The Morgan fingerprint density at radius 1 is 1.32 bits per heavy atom. The maximum atomic E-state index is 12.2. The van der Waals surface area contributed by atoms with Crippen LogP contribution in [-0.2, 0) is 16.0 Å². The predicted molar refractivity (Wildman–Crippen MR) is 93.5 cm³/mol. The van der Waals surface area contributed by atoms with Crippen molar-refractivity contribution in [3.8, 4) is 11.5 Å². The van der Waals surface area contributed by atoms with Gasteiger partial charge in [-0.1, -0.05) is 13.0 Å². The van der Waals surface area contributed by atoms with Crippen molar-refractivity contribution in [1.29, 1.82) is 0 Å². The quantitative estimate of drug-likeness (QED) is 0.857. The molecule has 1 aromatic carbocycles. The summed E-state index contributed by atoms with van der Waals surface area (Å²) < 4.78 is 10.8. The van der Waals surface area contributed by atoms with Crippen LogP contribution in [0.3, 0.4) is 0 Å². The molecule has 0 bridgehead atoms. The number of benzene rings is 1. The van der Waals surface area contributed by atoms with E-state index in [1.54, 1.807) is 7.05 Å². The number of hydrogen-bond acceptors (Lipinski definition) is 4. The van der Waals surface area contributed by atoms with Gasteiger partial charge in [0.05, 0.1) is 0 Å². The molecule has 1 saturated heterocycles. The van der Waals surface area contributed by atoms with Crippen LogP contribution in [0.5, 0.6) is 11.5 Å². The number of carbonyl (C=O) groups is 2. The van der Waals surface area contributed by atoms with Crippen molar-refractivity contribution in [3.63, 3.8) is 0 Å². The van der Waals surface area contributed by atoms with E-state index in [0.29, 0.717) is 25.8 Å². The lowest BCUT2D eigenvalue weighted by Gasteiger charge is -2.40. The summed E-state index contributed by atoms with van der Waals surface area (Å²) in [6.45, 7) is 3.89. The highest BCUT2D eigenvalue weighted by atomic mass is 16.7. The van der Waals surface area contributed by atoms with E-state index in [1.807, 2.05) is 17.0 Å². The molecule has 0 saturated carbocycles. The number of amides is 2. The van der Waals surface area contributed by atoms with Gasteiger partial charge in [0, 0.05) is 33.0 Å². The van der Waals surface area contributed by atoms with Gasteiger partial charge in [0.1, 0.15) is 0 Å². The van der Waals surface area contributed by atoms with E-state index < -0.39 is 0 Å². The summed E-state index contributed by atoms with van der Waals surface area (Å²) in [6, 6.07) is 6.07. The van der Waals surface area contributed by atoms with Crippen molar-refractivity contribution >= 4 is 11.8 Å². The number of piperidine rings is 1. The molecule has 1 aromatic rings. The number of nitrogens with one attached hydrogen (secondary N) is 1. The normalized spacial score (nSPS) is 22.2. The third-order valence-electron chi connectivity index (χ3n) is 5.05. The minimum absolute atomic E-state index is 0.0209. The zero-order valence-electron chi connectivity index (χ0n) is 15.0. The van der Waals surface area contributed by atoms with Gasteiger partial charge in [-0.3, -0.25) is 9.59 Å². The van der Waals surface area contributed by atoms with Crippen LogP contribution in [-0.4, -0.2) is 43.6 Å². The summed E-state index contributed by atoms with van der Waals surface area (Å²) >= 11 is 0. The molecular formula is C19H26N2O4. The first kappa shape index (κ1) is 17.6. The van der Waals surface area contributed by atoms with Gasteiger partial charge in [-0.15, -0.1) is 0 Å². The van der Waals surface area contributed by atoms with Crippen LogP contribution in [0.15, 0.2) is 18.2 Å². The van der Waals surface area contributed by atoms with Crippen molar-refractivity contribution in [2.75, 3.05) is 26.9 Å². The second kappa shape index (κ2) is 7.33. The first-order chi connectivity index (χ1) is 12.0. The number of fused-ring (bicyclic) bond motifs is 1. The van der Waals surface area contributed by atoms with Crippen molar-refractivity contribution in [3.05, 3.63) is 23.8 Å². The van der Waals surface area contributed by atoms with Crippen molar-refractivity contribution in [2.45, 2.75) is 39.0 Å². The number of rotatable bonds is 6. The molecule has 0 radical (unpaired) electrons. The molecule has 136 valence electrons. The summed E-state index contributed by atoms with van der Waals surface area (Å²) in [4.78, 5) is 25.5. The Kier molecular flexibility index (Phi) is 5.16. The van der Waals surface area contributed by atoms with Gasteiger partial charge in [0.15, 0.2) is 11.5 Å². The topological polar surface area (TPSA) is 67.9 Å². The molecule has 2 aliphatic rings. The van der Waals surface area contributed by atoms with Crippen LogP contribution < -0.4 is 14.8 Å². The number of likely N-dealkylation sites (tertiary alicyclic amines) is 1. The highest BCUT2D eigenvalue weighted by molar-refractivity contribution is 5.77. The highest BCUT2D eigenvalue weighted by Gasteiger charge is 2.35. The Bertz CT molecular complexity index is 661. The molecule has 0 aliphatic carbocycles. The van der Waals surface area contributed by atoms with Crippen LogP contribution in [0.25, 0.3) is 0 Å². The molecule has 0 spiro atoms. The zero-order valence-corrected chi connectivity index (χ0v) is 15.0. The summed E-state index contributed by atoms with van der Waals surface area (Å²) in [5.74, 6) is 1.81. The molecule has 6 heteroatoms. The van der Waals surface area contributed by atoms with Crippen LogP contribution in [0.1, 0.15) is 38.2 Å². The molecule has 2 aliphatic heterocycles. The molecule has 6 nitrogen and oxygen atoms in total. The molecular weight excluding hydrogens is 320 g/mol. The van der Waals surface area contributed by atoms with Crippen LogP contribution in [0.4, 0.5) is 0 Å². The smallest absolute Gasteiger partial charge is 0.231 e. The zero-order chi connectivity index (χ0) is 17.9. The second-order valence-corrected chi connectivity index (χ2v) is 7.27. The minimum Gasteiger partial charge on any atom is -0.454 e. The van der Waals surface area contributed by atoms with Gasteiger partial charge < -0.3 is 19.7 Å². The van der Waals surface area contributed by atoms with E-state index in [-0.39, 0.29) is 24.0 Å². The van der Waals surface area contributed by atoms with E-state index in [4.69, 9.17) is 9.47 Å². The van der Waals surface area contributed by atoms with Crippen LogP contribution in [0.2, 0.25) is 0 Å². The van der Waals surface area contributed by atoms with E-state index in [2.05, 4.69) is 18.3 Å². The fraction of sp³-hybridized carbons (Fsp3) is 0.579. The molecule has 2 amide bonds. The summed E-state index contributed by atoms with van der Waals surface area (Å²) in [5, 5.41) is 2.62. The third kappa shape index (κ3) is 4.24. The number of hydrogen-bond donors (Lipinski definition) is 1. The fourth-order valence-corrected chi connectivity index (χ4v) is 3.64. The maximum absolute atomic E-state index is 12.2. The average Bonchev–Trinajstić information content (AvgIpc) is 3.05. The highest BCUT2D eigenvalue weighted by Crippen LogP contribution is 2.37. The van der Waals surface area contributed by atoms with Gasteiger partial charge in [-0.2, -0.15) is 0 Å². The lowest BCUT2D eigenvalue weighted by molar-refractivity contribution is -0.137. The second-order valence-electron chi connectivity index (χ2n) is 7.27. The largest absolute Gasteiger partial charge is 0.454 e. The molecule has 1 fully saturated rings. The number of ether oxygens (including phenoxy) is 2. The molecule has 2 heterocycles. The third-order valence-corrected chi connectivity index (χ3v) is 5.05.